The molecule has 2 aromatic rings. The van der Waals surface area contributed by atoms with Gasteiger partial charge in [-0.1, -0.05) is 22.0 Å². The zero-order valence-electron chi connectivity index (χ0n) is 13.0. The molecule has 0 aliphatic carbocycles. The third-order valence-electron chi connectivity index (χ3n) is 3.00. The maximum Gasteiger partial charge on any atom is 0.165 e. The van der Waals surface area contributed by atoms with Crippen molar-refractivity contribution >= 4 is 15.9 Å². The number of halogens is 1. The first-order valence-electron chi connectivity index (χ1n) is 7.11. The molecule has 5 heteroatoms. The first-order valence-corrected chi connectivity index (χ1v) is 7.90. The normalized spacial score (nSPS) is 11.7. The van der Waals surface area contributed by atoms with E-state index in [1.165, 1.54) is 5.56 Å². The van der Waals surface area contributed by atoms with E-state index >= 15 is 0 Å². The Morgan fingerprint density at radius 3 is 2.62 bits per heavy atom. The molecule has 0 saturated carbocycles. The van der Waals surface area contributed by atoms with Crippen LogP contribution in [0.25, 0.3) is 0 Å². The predicted octanol–water partition coefficient (Wildman–Crippen LogP) is 4.35. The van der Waals surface area contributed by atoms with Crippen molar-refractivity contribution in [3.63, 3.8) is 0 Å². The number of hydrogen-bond acceptors (Lipinski definition) is 3. The lowest BCUT2D eigenvalue weighted by atomic mass is 10.1. The van der Waals surface area contributed by atoms with Crippen LogP contribution in [0, 0.1) is 0 Å². The summed E-state index contributed by atoms with van der Waals surface area (Å²) in [5, 5.41) is 7.67. The van der Waals surface area contributed by atoms with E-state index in [1.807, 2.05) is 29.9 Å². The van der Waals surface area contributed by atoms with Crippen LogP contribution >= 0.6 is 15.9 Å². The predicted molar refractivity (Wildman–Crippen MR) is 88.7 cm³/mol. The number of nitrogens with zero attached hydrogens (tertiary/aromatic N) is 2. The number of aromatic nitrogens is 2. The second kappa shape index (κ2) is 6.62. The largest absolute Gasteiger partial charge is 0.454 e. The maximum absolute atomic E-state index is 5.81. The maximum atomic E-state index is 5.81. The van der Waals surface area contributed by atoms with Crippen molar-refractivity contribution in [3.8, 4) is 11.5 Å². The summed E-state index contributed by atoms with van der Waals surface area (Å²) < 4.78 is 8.69. The molecule has 0 bridgehead atoms. The zero-order valence-corrected chi connectivity index (χ0v) is 14.6. The molecule has 1 heterocycles. The molecule has 1 N–H and O–H groups in total. The number of hydrogen-bond donors (Lipinski definition) is 1. The quantitative estimate of drug-likeness (QED) is 0.870. The molecule has 0 radical (unpaired) electrons. The van der Waals surface area contributed by atoms with Crippen LogP contribution < -0.4 is 10.1 Å². The fourth-order valence-corrected chi connectivity index (χ4v) is 2.30. The van der Waals surface area contributed by atoms with Gasteiger partial charge >= 0.3 is 0 Å². The van der Waals surface area contributed by atoms with Crippen molar-refractivity contribution < 1.29 is 4.74 Å². The van der Waals surface area contributed by atoms with Crippen molar-refractivity contribution in [1.29, 1.82) is 0 Å². The highest BCUT2D eigenvalue weighted by Crippen LogP contribution is 2.27. The average Bonchev–Trinajstić information content (AvgIpc) is 2.84. The minimum Gasteiger partial charge on any atom is -0.454 e. The molecule has 2 rings (SSSR count). The molecule has 1 aromatic heterocycles. The van der Waals surface area contributed by atoms with Gasteiger partial charge in [-0.3, -0.25) is 4.68 Å². The summed E-state index contributed by atoms with van der Waals surface area (Å²) in [7, 11) is 0. The molecular formula is C16H22BrN3O. The van der Waals surface area contributed by atoms with Gasteiger partial charge in [0.1, 0.15) is 5.75 Å². The second-order valence-electron chi connectivity index (χ2n) is 5.99. The molecular weight excluding hydrogens is 330 g/mol. The Kier molecular flexibility index (Phi) is 5.06. The Hall–Kier alpha value is -1.33. The molecule has 0 fully saturated rings. The third kappa shape index (κ3) is 4.86. The third-order valence-corrected chi connectivity index (χ3v) is 3.74. The molecule has 1 aromatic carbocycles. The van der Waals surface area contributed by atoms with Crippen LogP contribution in [0.3, 0.4) is 0 Å². The molecule has 0 aliphatic rings. The molecule has 0 atom stereocenters. The molecule has 0 aliphatic heterocycles. The Bertz CT molecular complexity index is 602. The number of aryl methyl sites for hydroxylation is 1. The molecule has 0 amide bonds. The number of ether oxygens (including phenoxy) is 1. The highest BCUT2D eigenvalue weighted by atomic mass is 79.9. The summed E-state index contributed by atoms with van der Waals surface area (Å²) >= 11 is 3.61. The fourth-order valence-electron chi connectivity index (χ4n) is 1.80. The van der Waals surface area contributed by atoms with Gasteiger partial charge in [0, 0.05) is 23.1 Å². The molecule has 0 spiro atoms. The van der Waals surface area contributed by atoms with Crippen molar-refractivity contribution in [3.05, 3.63) is 40.6 Å². The van der Waals surface area contributed by atoms with Crippen LogP contribution in [0.4, 0.5) is 0 Å². The van der Waals surface area contributed by atoms with Gasteiger partial charge in [-0.25, -0.2) is 0 Å². The minimum absolute atomic E-state index is 0.101. The summed E-state index contributed by atoms with van der Waals surface area (Å²) in [5.74, 6) is 1.56. The van der Waals surface area contributed by atoms with E-state index in [-0.39, 0.29) is 5.54 Å². The van der Waals surface area contributed by atoms with Crippen molar-refractivity contribution in [2.75, 3.05) is 0 Å². The first-order chi connectivity index (χ1) is 9.87. The first kappa shape index (κ1) is 16.0. The van der Waals surface area contributed by atoms with Crippen LogP contribution in [-0.4, -0.2) is 15.3 Å². The van der Waals surface area contributed by atoms with Crippen molar-refractivity contribution in [2.45, 2.75) is 46.3 Å². The van der Waals surface area contributed by atoms with Gasteiger partial charge < -0.3 is 10.1 Å². The van der Waals surface area contributed by atoms with E-state index in [9.17, 15) is 0 Å². The van der Waals surface area contributed by atoms with Gasteiger partial charge in [0.05, 0.1) is 12.4 Å². The number of nitrogens with one attached hydrogen (secondary N) is 1. The van der Waals surface area contributed by atoms with Crippen LogP contribution in [0.5, 0.6) is 11.5 Å². The van der Waals surface area contributed by atoms with Crippen molar-refractivity contribution in [2.24, 2.45) is 0 Å². The summed E-state index contributed by atoms with van der Waals surface area (Å²) in [6.07, 6.45) is 3.62. The number of rotatable bonds is 5. The minimum atomic E-state index is 0.101. The second-order valence-corrected chi connectivity index (χ2v) is 6.84. The topological polar surface area (TPSA) is 39.1 Å². The van der Waals surface area contributed by atoms with E-state index in [2.05, 4.69) is 53.2 Å². The summed E-state index contributed by atoms with van der Waals surface area (Å²) in [5.41, 5.74) is 1.31. The molecule has 4 nitrogen and oxygen atoms in total. The SMILES string of the molecule is CCn1cc(Oc2ccc(CNC(C)(C)C)c(Br)c2)cn1. The van der Waals surface area contributed by atoms with Gasteiger partial charge in [0.25, 0.3) is 0 Å². The Morgan fingerprint density at radius 2 is 2.05 bits per heavy atom. The van der Waals surface area contributed by atoms with Crippen LogP contribution in [0.1, 0.15) is 33.3 Å². The monoisotopic (exact) mass is 351 g/mol. The van der Waals surface area contributed by atoms with E-state index in [1.54, 1.807) is 6.20 Å². The fraction of sp³-hybridized carbons (Fsp3) is 0.438. The Balaban J connectivity index is 2.04. The highest BCUT2D eigenvalue weighted by Gasteiger charge is 2.10. The Morgan fingerprint density at radius 1 is 1.29 bits per heavy atom. The van der Waals surface area contributed by atoms with E-state index in [4.69, 9.17) is 4.74 Å². The molecule has 0 saturated heterocycles. The van der Waals surface area contributed by atoms with Crippen molar-refractivity contribution in [1.82, 2.24) is 15.1 Å². The van der Waals surface area contributed by atoms with Crippen LogP contribution in [-0.2, 0) is 13.1 Å². The lowest BCUT2D eigenvalue weighted by Crippen LogP contribution is -2.35. The molecule has 21 heavy (non-hydrogen) atoms. The van der Waals surface area contributed by atoms with Gasteiger partial charge in [0.2, 0.25) is 0 Å². The zero-order chi connectivity index (χ0) is 15.5. The van der Waals surface area contributed by atoms with Gasteiger partial charge in [0.15, 0.2) is 5.75 Å². The standard InChI is InChI=1S/C16H22BrN3O/c1-5-20-11-14(10-19-20)21-13-7-6-12(15(17)8-13)9-18-16(2,3)4/h6-8,10-11,18H,5,9H2,1-4H3. The van der Waals surface area contributed by atoms with Crippen LogP contribution in [0.2, 0.25) is 0 Å². The molecule has 114 valence electrons. The summed E-state index contributed by atoms with van der Waals surface area (Å²) in [4.78, 5) is 0. The summed E-state index contributed by atoms with van der Waals surface area (Å²) in [6.45, 7) is 10.2. The Labute approximate surface area is 134 Å². The van der Waals surface area contributed by atoms with Gasteiger partial charge in [-0.05, 0) is 45.4 Å². The van der Waals surface area contributed by atoms with E-state index < -0.39 is 0 Å². The number of benzene rings is 1. The lowest BCUT2D eigenvalue weighted by Gasteiger charge is -2.21. The van der Waals surface area contributed by atoms with Gasteiger partial charge in [-0.15, -0.1) is 0 Å². The van der Waals surface area contributed by atoms with E-state index in [0.29, 0.717) is 0 Å². The highest BCUT2D eigenvalue weighted by molar-refractivity contribution is 9.10. The smallest absolute Gasteiger partial charge is 0.165 e. The average molecular weight is 352 g/mol. The van der Waals surface area contributed by atoms with Gasteiger partial charge in [-0.2, -0.15) is 5.10 Å². The summed E-state index contributed by atoms with van der Waals surface area (Å²) in [6, 6.07) is 6.04. The lowest BCUT2D eigenvalue weighted by molar-refractivity contribution is 0.423. The molecule has 0 unspecified atom stereocenters. The van der Waals surface area contributed by atoms with E-state index in [0.717, 1.165) is 29.1 Å². The van der Waals surface area contributed by atoms with Crippen LogP contribution in [0.15, 0.2) is 35.1 Å².